The van der Waals surface area contributed by atoms with Gasteiger partial charge in [0.15, 0.2) is 0 Å². The standard InChI is InChI=1S/C16H28N2O3/c1-2-10-21-11-6-9-18-12-14(19)17-15(16(18)20)13-7-4-3-5-8-13/h13,15H,2-12H2,1H3,(H,17,19). The molecule has 0 aromatic carbocycles. The summed E-state index contributed by atoms with van der Waals surface area (Å²) in [5, 5.41) is 2.92. The van der Waals surface area contributed by atoms with Gasteiger partial charge in [-0.2, -0.15) is 0 Å². The molecule has 1 saturated carbocycles. The summed E-state index contributed by atoms with van der Waals surface area (Å²) in [7, 11) is 0. The molecule has 5 nitrogen and oxygen atoms in total. The molecule has 1 aliphatic carbocycles. The second-order valence-electron chi connectivity index (χ2n) is 6.17. The molecule has 1 heterocycles. The fourth-order valence-corrected chi connectivity index (χ4v) is 3.31. The predicted molar refractivity (Wildman–Crippen MR) is 80.8 cm³/mol. The van der Waals surface area contributed by atoms with Crippen LogP contribution in [-0.4, -0.2) is 49.1 Å². The lowest BCUT2D eigenvalue weighted by atomic mass is 9.82. The van der Waals surface area contributed by atoms with E-state index in [4.69, 9.17) is 4.74 Å². The summed E-state index contributed by atoms with van der Waals surface area (Å²) < 4.78 is 5.44. The first kappa shape index (κ1) is 16.3. The summed E-state index contributed by atoms with van der Waals surface area (Å²) in [4.78, 5) is 26.1. The first-order valence-electron chi connectivity index (χ1n) is 8.38. The van der Waals surface area contributed by atoms with Crippen molar-refractivity contribution in [2.24, 2.45) is 5.92 Å². The van der Waals surface area contributed by atoms with Crippen LogP contribution in [0.5, 0.6) is 0 Å². The minimum atomic E-state index is -0.289. The number of carbonyl (C=O) groups excluding carboxylic acids is 2. The lowest BCUT2D eigenvalue weighted by Gasteiger charge is -2.37. The van der Waals surface area contributed by atoms with Crippen LogP contribution in [0.2, 0.25) is 0 Å². The zero-order valence-corrected chi connectivity index (χ0v) is 13.1. The molecule has 0 aromatic rings. The van der Waals surface area contributed by atoms with Crippen molar-refractivity contribution >= 4 is 11.8 Å². The Labute approximate surface area is 127 Å². The Morgan fingerprint density at radius 2 is 1.95 bits per heavy atom. The van der Waals surface area contributed by atoms with Gasteiger partial charge in [0.05, 0.1) is 6.54 Å². The van der Waals surface area contributed by atoms with Gasteiger partial charge in [0.1, 0.15) is 6.04 Å². The van der Waals surface area contributed by atoms with Crippen molar-refractivity contribution in [1.82, 2.24) is 10.2 Å². The maximum Gasteiger partial charge on any atom is 0.245 e. The Kier molecular flexibility index (Phi) is 6.49. The molecule has 0 aromatic heterocycles. The van der Waals surface area contributed by atoms with Gasteiger partial charge in [-0.25, -0.2) is 0 Å². The molecule has 1 N–H and O–H groups in total. The van der Waals surface area contributed by atoms with Gasteiger partial charge in [-0.1, -0.05) is 26.2 Å². The van der Waals surface area contributed by atoms with E-state index in [1.165, 1.54) is 19.3 Å². The Hall–Kier alpha value is -1.10. The molecule has 1 atom stereocenters. The lowest BCUT2D eigenvalue weighted by Crippen LogP contribution is -2.60. The van der Waals surface area contributed by atoms with Crippen LogP contribution in [0.3, 0.4) is 0 Å². The molecule has 120 valence electrons. The van der Waals surface area contributed by atoms with Crippen LogP contribution in [-0.2, 0) is 14.3 Å². The second-order valence-corrected chi connectivity index (χ2v) is 6.17. The number of rotatable bonds is 7. The maximum atomic E-state index is 12.6. The van der Waals surface area contributed by atoms with E-state index < -0.39 is 0 Å². The van der Waals surface area contributed by atoms with Gasteiger partial charge in [-0.3, -0.25) is 9.59 Å². The number of hydrogen-bond acceptors (Lipinski definition) is 3. The third-order valence-electron chi connectivity index (χ3n) is 4.42. The smallest absolute Gasteiger partial charge is 0.245 e. The average Bonchev–Trinajstić information content (AvgIpc) is 2.51. The fraction of sp³-hybridized carbons (Fsp3) is 0.875. The molecule has 21 heavy (non-hydrogen) atoms. The Morgan fingerprint density at radius 1 is 1.19 bits per heavy atom. The van der Waals surface area contributed by atoms with E-state index >= 15 is 0 Å². The molecule has 0 radical (unpaired) electrons. The van der Waals surface area contributed by atoms with E-state index in [-0.39, 0.29) is 24.4 Å². The topological polar surface area (TPSA) is 58.6 Å². The highest BCUT2D eigenvalue weighted by Crippen LogP contribution is 2.28. The fourth-order valence-electron chi connectivity index (χ4n) is 3.31. The van der Waals surface area contributed by atoms with E-state index in [1.807, 2.05) is 0 Å². The molecule has 1 unspecified atom stereocenters. The molecule has 0 bridgehead atoms. The average molecular weight is 296 g/mol. The number of amides is 2. The van der Waals surface area contributed by atoms with Crippen LogP contribution in [0.4, 0.5) is 0 Å². The third-order valence-corrected chi connectivity index (χ3v) is 4.42. The van der Waals surface area contributed by atoms with Crippen LogP contribution in [0.1, 0.15) is 51.9 Å². The Balaban J connectivity index is 1.83. The Bertz CT molecular complexity index is 353. The van der Waals surface area contributed by atoms with Crippen LogP contribution in [0, 0.1) is 5.92 Å². The second kappa shape index (κ2) is 8.37. The van der Waals surface area contributed by atoms with Gasteiger partial charge < -0.3 is 15.0 Å². The van der Waals surface area contributed by atoms with E-state index in [9.17, 15) is 9.59 Å². The molecule has 0 spiro atoms. The number of nitrogens with one attached hydrogen (secondary N) is 1. The molecule has 5 heteroatoms. The molecule has 2 amide bonds. The molecule has 1 aliphatic heterocycles. The van der Waals surface area contributed by atoms with Crippen molar-refractivity contribution in [2.75, 3.05) is 26.3 Å². The molecule has 2 aliphatic rings. The largest absolute Gasteiger partial charge is 0.381 e. The molecular formula is C16H28N2O3. The number of carbonyl (C=O) groups is 2. The lowest BCUT2D eigenvalue weighted by molar-refractivity contribution is -0.146. The van der Waals surface area contributed by atoms with Crippen molar-refractivity contribution in [3.8, 4) is 0 Å². The van der Waals surface area contributed by atoms with Gasteiger partial charge in [-0.05, 0) is 31.6 Å². The van der Waals surface area contributed by atoms with Gasteiger partial charge in [0, 0.05) is 19.8 Å². The summed E-state index contributed by atoms with van der Waals surface area (Å²) in [6, 6.07) is -0.289. The Morgan fingerprint density at radius 3 is 2.67 bits per heavy atom. The summed E-state index contributed by atoms with van der Waals surface area (Å²) in [5.41, 5.74) is 0. The summed E-state index contributed by atoms with van der Waals surface area (Å²) in [5.74, 6) is 0.422. The first-order chi connectivity index (χ1) is 10.2. The van der Waals surface area contributed by atoms with Crippen molar-refractivity contribution < 1.29 is 14.3 Å². The van der Waals surface area contributed by atoms with E-state index in [0.717, 1.165) is 32.3 Å². The summed E-state index contributed by atoms with van der Waals surface area (Å²) in [6.45, 7) is 4.33. The van der Waals surface area contributed by atoms with Gasteiger partial charge >= 0.3 is 0 Å². The van der Waals surface area contributed by atoms with E-state index in [0.29, 0.717) is 19.1 Å². The molecule has 1 saturated heterocycles. The first-order valence-corrected chi connectivity index (χ1v) is 8.38. The SMILES string of the molecule is CCCOCCCN1CC(=O)NC(C2CCCCC2)C1=O. The zero-order valence-electron chi connectivity index (χ0n) is 13.1. The molecular weight excluding hydrogens is 268 g/mol. The summed E-state index contributed by atoms with van der Waals surface area (Å²) in [6.07, 6.45) is 7.54. The predicted octanol–water partition coefficient (Wildman–Crippen LogP) is 1.71. The highest BCUT2D eigenvalue weighted by molar-refractivity contribution is 5.95. The number of hydrogen-bond donors (Lipinski definition) is 1. The third kappa shape index (κ3) is 4.70. The summed E-state index contributed by atoms with van der Waals surface area (Å²) >= 11 is 0. The quantitative estimate of drug-likeness (QED) is 0.728. The monoisotopic (exact) mass is 296 g/mol. The van der Waals surface area contributed by atoms with Crippen molar-refractivity contribution in [3.05, 3.63) is 0 Å². The van der Waals surface area contributed by atoms with Crippen LogP contribution in [0.25, 0.3) is 0 Å². The maximum absolute atomic E-state index is 12.6. The van der Waals surface area contributed by atoms with Crippen LogP contribution in [0.15, 0.2) is 0 Å². The van der Waals surface area contributed by atoms with Crippen molar-refractivity contribution in [2.45, 2.75) is 57.9 Å². The van der Waals surface area contributed by atoms with Gasteiger partial charge in [0.2, 0.25) is 11.8 Å². The van der Waals surface area contributed by atoms with Gasteiger partial charge in [0.25, 0.3) is 0 Å². The highest BCUT2D eigenvalue weighted by Gasteiger charge is 2.37. The zero-order chi connectivity index (χ0) is 15.1. The minimum Gasteiger partial charge on any atom is -0.381 e. The number of nitrogens with zero attached hydrogens (tertiary/aromatic N) is 1. The minimum absolute atomic E-state index is 0.0142. The number of ether oxygens (including phenoxy) is 1. The molecule has 2 fully saturated rings. The normalized spacial score (nSPS) is 24.2. The number of piperazine rings is 1. The van der Waals surface area contributed by atoms with E-state index in [1.54, 1.807) is 4.90 Å². The van der Waals surface area contributed by atoms with Crippen LogP contribution >= 0.6 is 0 Å². The highest BCUT2D eigenvalue weighted by atomic mass is 16.5. The van der Waals surface area contributed by atoms with Crippen molar-refractivity contribution in [3.63, 3.8) is 0 Å². The van der Waals surface area contributed by atoms with E-state index in [2.05, 4.69) is 12.2 Å². The van der Waals surface area contributed by atoms with Crippen LogP contribution < -0.4 is 5.32 Å². The van der Waals surface area contributed by atoms with Crippen molar-refractivity contribution in [1.29, 1.82) is 0 Å². The van der Waals surface area contributed by atoms with Gasteiger partial charge in [-0.15, -0.1) is 0 Å². The molecule has 2 rings (SSSR count).